The smallest absolute Gasteiger partial charge is 0.229 e. The second-order valence-electron chi connectivity index (χ2n) is 6.85. The molecular formula is C21H20ClN3O2. The molecule has 138 valence electrons. The van der Waals surface area contributed by atoms with Gasteiger partial charge >= 0.3 is 0 Å². The average Bonchev–Trinajstić information content (AvgIpc) is 3.24. The molecule has 2 N–H and O–H groups in total. The number of carbonyl (C=O) groups is 2. The average molecular weight is 382 g/mol. The van der Waals surface area contributed by atoms with Crippen LogP contribution in [0.1, 0.15) is 12.0 Å². The van der Waals surface area contributed by atoms with Crippen LogP contribution in [0.2, 0.25) is 5.02 Å². The Balaban J connectivity index is 1.38. The van der Waals surface area contributed by atoms with Crippen LogP contribution in [-0.4, -0.2) is 34.8 Å². The van der Waals surface area contributed by atoms with Crippen molar-refractivity contribution in [3.05, 3.63) is 65.3 Å². The summed E-state index contributed by atoms with van der Waals surface area (Å²) in [5, 5.41) is 4.66. The Morgan fingerprint density at radius 2 is 2.04 bits per heavy atom. The molecule has 5 nitrogen and oxygen atoms in total. The lowest BCUT2D eigenvalue weighted by Crippen LogP contribution is -2.29. The van der Waals surface area contributed by atoms with E-state index in [0.717, 1.165) is 28.6 Å². The van der Waals surface area contributed by atoms with Crippen molar-refractivity contribution in [3.63, 3.8) is 0 Å². The quantitative estimate of drug-likeness (QED) is 0.705. The van der Waals surface area contributed by atoms with Gasteiger partial charge in [0.1, 0.15) is 0 Å². The van der Waals surface area contributed by atoms with Gasteiger partial charge in [0, 0.05) is 47.3 Å². The van der Waals surface area contributed by atoms with Gasteiger partial charge in [0.05, 0.1) is 5.92 Å². The van der Waals surface area contributed by atoms with Gasteiger partial charge in [-0.25, -0.2) is 0 Å². The molecule has 6 heteroatoms. The van der Waals surface area contributed by atoms with E-state index in [2.05, 4.69) is 10.3 Å². The van der Waals surface area contributed by atoms with Gasteiger partial charge in [-0.2, -0.15) is 0 Å². The van der Waals surface area contributed by atoms with E-state index in [9.17, 15) is 9.59 Å². The molecule has 0 unspecified atom stereocenters. The highest BCUT2D eigenvalue weighted by Gasteiger charge is 2.34. The fraction of sp³-hybridized carbons (Fsp3) is 0.238. The minimum atomic E-state index is -0.310. The van der Waals surface area contributed by atoms with Gasteiger partial charge in [0.2, 0.25) is 11.8 Å². The second kappa shape index (κ2) is 7.45. The minimum Gasteiger partial charge on any atom is -0.361 e. The zero-order chi connectivity index (χ0) is 18.8. The van der Waals surface area contributed by atoms with Gasteiger partial charge in [-0.1, -0.05) is 29.8 Å². The van der Waals surface area contributed by atoms with Crippen molar-refractivity contribution in [3.8, 4) is 0 Å². The molecule has 1 aliphatic heterocycles. The molecule has 2 aromatic carbocycles. The highest BCUT2D eigenvalue weighted by atomic mass is 35.5. The van der Waals surface area contributed by atoms with Crippen molar-refractivity contribution in [2.75, 3.05) is 18.4 Å². The molecule has 2 amide bonds. The first kappa shape index (κ1) is 17.6. The third-order valence-corrected chi connectivity index (χ3v) is 5.24. The van der Waals surface area contributed by atoms with Gasteiger partial charge in [-0.05, 0) is 42.3 Å². The van der Waals surface area contributed by atoms with Crippen LogP contribution in [-0.2, 0) is 16.0 Å². The van der Waals surface area contributed by atoms with Crippen LogP contribution < -0.4 is 5.32 Å². The number of H-pyrrole nitrogens is 1. The highest BCUT2D eigenvalue weighted by molar-refractivity contribution is 6.31. The number of likely N-dealkylation sites (tertiary alicyclic amines) is 1. The Morgan fingerprint density at radius 1 is 1.22 bits per heavy atom. The maximum Gasteiger partial charge on any atom is 0.229 e. The van der Waals surface area contributed by atoms with Gasteiger partial charge in [0.15, 0.2) is 0 Å². The van der Waals surface area contributed by atoms with E-state index in [1.165, 1.54) is 0 Å². The molecule has 4 rings (SSSR count). The van der Waals surface area contributed by atoms with E-state index in [1.807, 2.05) is 54.7 Å². The Labute approximate surface area is 162 Å². The number of aromatic nitrogens is 1. The molecule has 3 aromatic rings. The van der Waals surface area contributed by atoms with E-state index in [4.69, 9.17) is 11.6 Å². The third-order valence-electron chi connectivity index (χ3n) is 5.01. The number of nitrogens with zero attached hydrogens (tertiary/aromatic N) is 1. The fourth-order valence-electron chi connectivity index (χ4n) is 3.54. The molecule has 0 saturated carbocycles. The summed E-state index contributed by atoms with van der Waals surface area (Å²) in [7, 11) is 0. The van der Waals surface area contributed by atoms with Crippen molar-refractivity contribution in [2.24, 2.45) is 5.92 Å². The van der Waals surface area contributed by atoms with Crippen LogP contribution in [0.25, 0.3) is 10.9 Å². The number of hydrogen-bond acceptors (Lipinski definition) is 2. The summed E-state index contributed by atoms with van der Waals surface area (Å²) in [6.45, 7) is 1.05. The summed E-state index contributed by atoms with van der Waals surface area (Å²) >= 11 is 6.10. The summed E-state index contributed by atoms with van der Waals surface area (Å²) in [4.78, 5) is 29.8. The SMILES string of the molecule is O=C(Nc1ccccc1)[C@@H]1CC(=O)N(CCc2c[nH]c3ccc(Cl)cc23)C1. The van der Waals surface area contributed by atoms with E-state index in [1.54, 1.807) is 4.90 Å². The molecule has 1 aliphatic rings. The predicted octanol–water partition coefficient (Wildman–Crippen LogP) is 3.85. The van der Waals surface area contributed by atoms with E-state index in [0.29, 0.717) is 18.1 Å². The molecule has 1 aromatic heterocycles. The Bertz CT molecular complexity index is 984. The number of halogens is 1. The lowest BCUT2D eigenvalue weighted by Gasteiger charge is -2.16. The molecule has 0 spiro atoms. The number of benzene rings is 2. The maximum absolute atomic E-state index is 12.4. The van der Waals surface area contributed by atoms with Crippen molar-refractivity contribution in [2.45, 2.75) is 12.8 Å². The second-order valence-corrected chi connectivity index (χ2v) is 7.29. The molecule has 2 heterocycles. The number of aromatic amines is 1. The van der Waals surface area contributed by atoms with Crippen molar-refractivity contribution < 1.29 is 9.59 Å². The Hall–Kier alpha value is -2.79. The van der Waals surface area contributed by atoms with Crippen LogP contribution in [0.3, 0.4) is 0 Å². The molecule has 1 fully saturated rings. The molecule has 0 radical (unpaired) electrons. The number of anilines is 1. The molecule has 27 heavy (non-hydrogen) atoms. The largest absolute Gasteiger partial charge is 0.361 e. The molecule has 0 bridgehead atoms. The number of rotatable bonds is 5. The standard InChI is InChI=1S/C21H20ClN3O2/c22-16-6-7-19-18(11-16)14(12-23-19)8-9-25-13-15(10-20(25)26)21(27)24-17-4-2-1-3-5-17/h1-7,11-12,15,23H,8-10,13H2,(H,24,27)/t15-/m1/s1. The van der Waals surface area contributed by atoms with Gasteiger partial charge in [-0.3, -0.25) is 9.59 Å². The van der Waals surface area contributed by atoms with Crippen molar-refractivity contribution >= 4 is 40.0 Å². The first-order chi connectivity index (χ1) is 13.1. The lowest BCUT2D eigenvalue weighted by atomic mass is 10.1. The zero-order valence-electron chi connectivity index (χ0n) is 14.7. The van der Waals surface area contributed by atoms with Gasteiger partial charge < -0.3 is 15.2 Å². The number of para-hydroxylation sites is 1. The number of carbonyl (C=O) groups excluding carboxylic acids is 2. The van der Waals surface area contributed by atoms with Gasteiger partial charge in [-0.15, -0.1) is 0 Å². The summed E-state index contributed by atoms with van der Waals surface area (Å²) in [5.41, 5.74) is 2.91. The summed E-state index contributed by atoms with van der Waals surface area (Å²) < 4.78 is 0. The van der Waals surface area contributed by atoms with Crippen LogP contribution in [0, 0.1) is 5.92 Å². The third kappa shape index (κ3) is 3.83. The molecule has 1 saturated heterocycles. The number of hydrogen-bond donors (Lipinski definition) is 2. The molecular weight excluding hydrogens is 362 g/mol. The summed E-state index contributed by atoms with van der Waals surface area (Å²) in [5.74, 6) is -0.382. The zero-order valence-corrected chi connectivity index (χ0v) is 15.5. The van der Waals surface area contributed by atoms with E-state index < -0.39 is 0 Å². The van der Waals surface area contributed by atoms with Gasteiger partial charge in [0.25, 0.3) is 0 Å². The van der Waals surface area contributed by atoms with Crippen LogP contribution in [0.5, 0.6) is 0 Å². The highest BCUT2D eigenvalue weighted by Crippen LogP contribution is 2.24. The summed E-state index contributed by atoms with van der Waals surface area (Å²) in [6, 6.07) is 15.1. The summed E-state index contributed by atoms with van der Waals surface area (Å²) in [6.07, 6.45) is 2.94. The fourth-order valence-corrected chi connectivity index (χ4v) is 3.71. The van der Waals surface area contributed by atoms with Crippen LogP contribution in [0.15, 0.2) is 54.7 Å². The van der Waals surface area contributed by atoms with Crippen molar-refractivity contribution in [1.29, 1.82) is 0 Å². The minimum absolute atomic E-state index is 0.0288. The monoisotopic (exact) mass is 381 g/mol. The topological polar surface area (TPSA) is 65.2 Å². The lowest BCUT2D eigenvalue weighted by molar-refractivity contribution is -0.128. The van der Waals surface area contributed by atoms with Crippen molar-refractivity contribution in [1.82, 2.24) is 9.88 Å². The number of nitrogens with one attached hydrogen (secondary N) is 2. The number of amides is 2. The van der Waals surface area contributed by atoms with E-state index >= 15 is 0 Å². The normalized spacial score (nSPS) is 16.9. The van der Waals surface area contributed by atoms with E-state index in [-0.39, 0.29) is 24.2 Å². The first-order valence-electron chi connectivity index (χ1n) is 8.99. The maximum atomic E-state index is 12.4. The van der Waals surface area contributed by atoms with Crippen LogP contribution >= 0.6 is 11.6 Å². The first-order valence-corrected chi connectivity index (χ1v) is 9.37. The Kier molecular flexibility index (Phi) is 4.86. The molecule has 1 atom stereocenters. The predicted molar refractivity (Wildman–Crippen MR) is 107 cm³/mol. The Morgan fingerprint density at radius 3 is 2.85 bits per heavy atom. The van der Waals surface area contributed by atoms with Crippen LogP contribution in [0.4, 0.5) is 5.69 Å². The number of fused-ring (bicyclic) bond motifs is 1. The molecule has 0 aliphatic carbocycles.